The Kier molecular flexibility index (Phi) is 6.69. The van der Waals surface area contributed by atoms with Gasteiger partial charge in [0, 0.05) is 31.8 Å². The second kappa shape index (κ2) is 8.04. The molecule has 108 valence electrons. The van der Waals surface area contributed by atoms with Gasteiger partial charge in [-0.25, -0.2) is 0 Å². The van der Waals surface area contributed by atoms with E-state index in [2.05, 4.69) is 10.1 Å². The maximum Gasteiger partial charge on any atom is 0.387 e. The number of halogens is 2. The van der Waals surface area contributed by atoms with Crippen LogP contribution in [-0.2, 0) is 4.74 Å². The van der Waals surface area contributed by atoms with Crippen LogP contribution in [0, 0.1) is 0 Å². The summed E-state index contributed by atoms with van der Waals surface area (Å²) in [5.74, 6) is 0.144. The summed E-state index contributed by atoms with van der Waals surface area (Å²) in [4.78, 5) is 0. The molecule has 0 aliphatic carbocycles. The molecule has 0 amide bonds. The smallest absolute Gasteiger partial charge is 0.387 e. The minimum absolute atomic E-state index is 0.0113. The highest BCUT2D eigenvalue weighted by Crippen LogP contribution is 2.26. The van der Waals surface area contributed by atoms with E-state index in [4.69, 9.17) is 10.5 Å². The molecule has 0 aliphatic heterocycles. The molecule has 0 heterocycles. The van der Waals surface area contributed by atoms with Crippen molar-refractivity contribution < 1.29 is 18.3 Å². The summed E-state index contributed by atoms with van der Waals surface area (Å²) in [6.45, 7) is -0.0960. The summed E-state index contributed by atoms with van der Waals surface area (Å²) in [5, 5.41) is 3.18. The lowest BCUT2D eigenvalue weighted by Crippen LogP contribution is -2.34. The minimum Gasteiger partial charge on any atom is -0.434 e. The van der Waals surface area contributed by atoms with Gasteiger partial charge in [-0.2, -0.15) is 8.78 Å². The number of para-hydroxylation sites is 1. The van der Waals surface area contributed by atoms with Crippen LogP contribution in [0.5, 0.6) is 5.75 Å². The fraction of sp³-hybridized carbons (Fsp3) is 0.538. The first-order valence-electron chi connectivity index (χ1n) is 6.08. The Balaban J connectivity index is 2.79. The highest BCUT2D eigenvalue weighted by Gasteiger charge is 2.17. The van der Waals surface area contributed by atoms with Crippen molar-refractivity contribution in [3.63, 3.8) is 0 Å². The molecule has 0 aliphatic rings. The van der Waals surface area contributed by atoms with Crippen molar-refractivity contribution in [2.75, 3.05) is 20.2 Å². The van der Waals surface area contributed by atoms with Gasteiger partial charge in [0.2, 0.25) is 0 Å². The largest absolute Gasteiger partial charge is 0.434 e. The first kappa shape index (κ1) is 15.8. The molecule has 0 saturated carbocycles. The van der Waals surface area contributed by atoms with E-state index in [0.29, 0.717) is 12.1 Å². The Morgan fingerprint density at radius 2 is 2.00 bits per heavy atom. The second-order valence-corrected chi connectivity index (χ2v) is 4.16. The van der Waals surface area contributed by atoms with Gasteiger partial charge in [-0.1, -0.05) is 18.2 Å². The summed E-state index contributed by atoms with van der Waals surface area (Å²) in [5.41, 5.74) is 6.30. The molecule has 1 rings (SSSR count). The van der Waals surface area contributed by atoms with Crippen LogP contribution in [0.25, 0.3) is 0 Å². The lowest BCUT2D eigenvalue weighted by atomic mass is 10.1. The molecule has 6 heteroatoms. The second-order valence-electron chi connectivity index (χ2n) is 4.16. The average molecular weight is 274 g/mol. The van der Waals surface area contributed by atoms with Crippen molar-refractivity contribution >= 4 is 0 Å². The number of nitrogens with two attached hydrogens (primary N) is 1. The van der Waals surface area contributed by atoms with Gasteiger partial charge in [-0.3, -0.25) is 0 Å². The van der Waals surface area contributed by atoms with Gasteiger partial charge in [-0.15, -0.1) is 0 Å². The van der Waals surface area contributed by atoms with E-state index in [-0.39, 0.29) is 24.4 Å². The molecular formula is C13H20F2N2O2. The topological polar surface area (TPSA) is 56.5 Å². The Morgan fingerprint density at radius 3 is 2.58 bits per heavy atom. The highest BCUT2D eigenvalue weighted by molar-refractivity contribution is 5.36. The van der Waals surface area contributed by atoms with Crippen LogP contribution >= 0.6 is 0 Å². The van der Waals surface area contributed by atoms with Crippen LogP contribution in [0.3, 0.4) is 0 Å². The van der Waals surface area contributed by atoms with Crippen molar-refractivity contribution in [1.82, 2.24) is 5.32 Å². The molecule has 2 unspecified atom stereocenters. The monoisotopic (exact) mass is 274 g/mol. The van der Waals surface area contributed by atoms with Crippen LogP contribution in [0.2, 0.25) is 0 Å². The Hall–Kier alpha value is -1.24. The van der Waals surface area contributed by atoms with Gasteiger partial charge < -0.3 is 20.5 Å². The Labute approximate surface area is 111 Å². The fourth-order valence-corrected chi connectivity index (χ4v) is 1.68. The molecule has 0 spiro atoms. The van der Waals surface area contributed by atoms with E-state index in [1.54, 1.807) is 25.3 Å². The van der Waals surface area contributed by atoms with Crippen LogP contribution < -0.4 is 15.8 Å². The predicted molar refractivity (Wildman–Crippen MR) is 69.3 cm³/mol. The number of hydrogen-bond donors (Lipinski definition) is 2. The van der Waals surface area contributed by atoms with Crippen LogP contribution in [0.1, 0.15) is 18.5 Å². The zero-order valence-corrected chi connectivity index (χ0v) is 11.1. The van der Waals surface area contributed by atoms with Crippen molar-refractivity contribution in [2.24, 2.45) is 5.73 Å². The third-order valence-corrected chi connectivity index (χ3v) is 2.80. The van der Waals surface area contributed by atoms with E-state index in [0.717, 1.165) is 0 Å². The third-order valence-electron chi connectivity index (χ3n) is 2.80. The quantitative estimate of drug-likeness (QED) is 0.760. The number of ether oxygens (including phenoxy) is 2. The van der Waals surface area contributed by atoms with Crippen LogP contribution in [0.4, 0.5) is 8.78 Å². The number of hydrogen-bond acceptors (Lipinski definition) is 4. The number of methoxy groups -OCH3 is 1. The minimum atomic E-state index is -2.85. The van der Waals surface area contributed by atoms with Gasteiger partial charge in [0.25, 0.3) is 0 Å². The molecule has 1 aromatic rings. The first-order valence-corrected chi connectivity index (χ1v) is 6.08. The normalized spacial score (nSPS) is 14.4. The Morgan fingerprint density at radius 1 is 1.32 bits per heavy atom. The summed E-state index contributed by atoms with van der Waals surface area (Å²) < 4.78 is 34.3. The molecular weight excluding hydrogens is 254 g/mol. The predicted octanol–water partition coefficient (Wildman–Crippen LogP) is 1.91. The number of rotatable bonds is 8. The molecule has 1 aromatic carbocycles. The average Bonchev–Trinajstić information content (AvgIpc) is 2.40. The zero-order chi connectivity index (χ0) is 14.3. The summed E-state index contributed by atoms with van der Waals surface area (Å²) >= 11 is 0. The van der Waals surface area contributed by atoms with Crippen molar-refractivity contribution in [1.29, 1.82) is 0 Å². The van der Waals surface area contributed by atoms with Crippen molar-refractivity contribution in [2.45, 2.75) is 25.7 Å². The fourth-order valence-electron chi connectivity index (χ4n) is 1.68. The molecule has 4 nitrogen and oxygen atoms in total. The molecule has 0 saturated heterocycles. The standard InChI is InChI=1S/C13H20F2N2O2/c1-9(18-2)8-17-11(7-16)10-5-3-4-6-12(10)19-13(14)15/h3-6,9,11,13,17H,7-8,16H2,1-2H3. The molecule has 0 fully saturated rings. The van der Waals surface area contributed by atoms with E-state index < -0.39 is 6.61 Å². The van der Waals surface area contributed by atoms with Crippen molar-refractivity contribution in [3.8, 4) is 5.75 Å². The number of nitrogens with one attached hydrogen (secondary N) is 1. The van der Waals surface area contributed by atoms with Crippen LogP contribution in [-0.4, -0.2) is 32.9 Å². The number of alkyl halides is 2. The van der Waals surface area contributed by atoms with Gasteiger partial charge in [0.15, 0.2) is 0 Å². The van der Waals surface area contributed by atoms with E-state index >= 15 is 0 Å². The van der Waals surface area contributed by atoms with E-state index in [9.17, 15) is 8.78 Å². The molecule has 0 bridgehead atoms. The van der Waals surface area contributed by atoms with Gasteiger partial charge in [0.05, 0.1) is 6.10 Å². The Bertz CT molecular complexity index is 377. The van der Waals surface area contributed by atoms with Crippen LogP contribution in [0.15, 0.2) is 24.3 Å². The van der Waals surface area contributed by atoms with Gasteiger partial charge in [-0.05, 0) is 13.0 Å². The molecule has 0 aromatic heterocycles. The lowest BCUT2D eigenvalue weighted by Gasteiger charge is -2.22. The van der Waals surface area contributed by atoms with E-state index in [1.165, 1.54) is 6.07 Å². The molecule has 3 N–H and O–H groups in total. The highest BCUT2D eigenvalue weighted by atomic mass is 19.3. The molecule has 2 atom stereocenters. The maximum absolute atomic E-state index is 12.3. The SMILES string of the molecule is COC(C)CNC(CN)c1ccccc1OC(F)F. The summed E-state index contributed by atoms with van der Waals surface area (Å²) in [6, 6.07) is 6.38. The number of benzene rings is 1. The molecule has 0 radical (unpaired) electrons. The lowest BCUT2D eigenvalue weighted by molar-refractivity contribution is -0.0507. The van der Waals surface area contributed by atoms with Gasteiger partial charge in [0.1, 0.15) is 5.75 Å². The van der Waals surface area contributed by atoms with Crippen molar-refractivity contribution in [3.05, 3.63) is 29.8 Å². The van der Waals surface area contributed by atoms with Gasteiger partial charge >= 0.3 is 6.61 Å². The zero-order valence-electron chi connectivity index (χ0n) is 11.1. The maximum atomic E-state index is 12.3. The summed E-state index contributed by atoms with van der Waals surface area (Å²) in [7, 11) is 1.61. The first-order chi connectivity index (χ1) is 9.08. The van der Waals surface area contributed by atoms with E-state index in [1.807, 2.05) is 6.92 Å². The third kappa shape index (κ3) is 5.10. The molecule has 19 heavy (non-hydrogen) atoms. The summed E-state index contributed by atoms with van der Waals surface area (Å²) in [6.07, 6.45) is 0.0113.